The Hall–Kier alpha value is -1.02. The number of hydrogen-bond acceptors (Lipinski definition) is 2. The highest BCUT2D eigenvalue weighted by atomic mass is 15.0. The van der Waals surface area contributed by atoms with E-state index >= 15 is 0 Å². The molecule has 3 N–H and O–H groups in total. The van der Waals surface area contributed by atoms with Crippen LogP contribution in [0.4, 0.5) is 5.69 Å². The number of nitrogens with two attached hydrogens (primary N) is 1. The molecule has 0 aliphatic heterocycles. The zero-order valence-electron chi connectivity index (χ0n) is 11.7. The lowest BCUT2D eigenvalue weighted by molar-refractivity contribution is 0.404. The van der Waals surface area contributed by atoms with E-state index in [0.717, 1.165) is 18.8 Å². The summed E-state index contributed by atoms with van der Waals surface area (Å²) in [6, 6.07) is 9.62. The second-order valence-electron chi connectivity index (χ2n) is 5.99. The largest absolute Gasteiger partial charge is 0.381 e. The van der Waals surface area contributed by atoms with E-state index in [0.29, 0.717) is 12.1 Å². The summed E-state index contributed by atoms with van der Waals surface area (Å²) >= 11 is 0. The van der Waals surface area contributed by atoms with Crippen LogP contribution in [-0.2, 0) is 6.42 Å². The van der Waals surface area contributed by atoms with Gasteiger partial charge in [-0.1, -0.05) is 38.8 Å². The van der Waals surface area contributed by atoms with Crippen molar-refractivity contribution < 1.29 is 0 Å². The third kappa shape index (κ3) is 3.74. The van der Waals surface area contributed by atoms with Crippen LogP contribution >= 0.6 is 0 Å². The predicted molar refractivity (Wildman–Crippen MR) is 78.8 cm³/mol. The molecule has 0 amide bonds. The fraction of sp³-hybridized carbons (Fsp3) is 0.625. The summed E-state index contributed by atoms with van der Waals surface area (Å²) in [5.41, 5.74) is 8.79. The van der Waals surface area contributed by atoms with Crippen molar-refractivity contribution >= 4 is 5.69 Å². The molecule has 0 bridgehead atoms. The lowest BCUT2D eigenvalue weighted by Gasteiger charge is -2.30. The van der Waals surface area contributed by atoms with Crippen molar-refractivity contribution in [3.8, 4) is 0 Å². The van der Waals surface area contributed by atoms with Crippen LogP contribution in [0.15, 0.2) is 24.3 Å². The van der Waals surface area contributed by atoms with Gasteiger partial charge in [-0.2, -0.15) is 0 Å². The second-order valence-corrected chi connectivity index (χ2v) is 5.99. The number of benzene rings is 1. The highest BCUT2D eigenvalue weighted by Gasteiger charge is 2.21. The van der Waals surface area contributed by atoms with E-state index in [4.69, 9.17) is 5.73 Å². The summed E-state index contributed by atoms with van der Waals surface area (Å²) < 4.78 is 0. The number of rotatable bonds is 4. The normalized spacial score (nSPS) is 24.2. The van der Waals surface area contributed by atoms with E-state index < -0.39 is 0 Å². The molecule has 1 saturated carbocycles. The van der Waals surface area contributed by atoms with Gasteiger partial charge >= 0.3 is 0 Å². The summed E-state index contributed by atoms with van der Waals surface area (Å²) in [5.74, 6) is 0.718. The molecule has 1 aromatic rings. The van der Waals surface area contributed by atoms with E-state index in [2.05, 4.69) is 43.4 Å². The average molecular weight is 246 g/mol. The molecule has 1 aliphatic carbocycles. The minimum absolute atomic E-state index is 0.314. The third-order valence-corrected chi connectivity index (χ3v) is 3.77. The molecule has 2 atom stereocenters. The van der Waals surface area contributed by atoms with Crippen molar-refractivity contribution in [1.82, 2.24) is 0 Å². The van der Waals surface area contributed by atoms with Gasteiger partial charge in [0.1, 0.15) is 0 Å². The van der Waals surface area contributed by atoms with Gasteiger partial charge in [0.15, 0.2) is 0 Å². The molecule has 1 aromatic carbocycles. The summed E-state index contributed by atoms with van der Waals surface area (Å²) in [4.78, 5) is 0. The Morgan fingerprint density at radius 1 is 1.17 bits per heavy atom. The molecule has 0 saturated heterocycles. The maximum Gasteiger partial charge on any atom is 0.0412 e. The van der Waals surface area contributed by atoms with E-state index in [1.54, 1.807) is 0 Å². The maximum atomic E-state index is 6.16. The standard InChI is InChI=1S/C16H26N2/c1-12(2)11-13-7-9-14(10-8-13)18-16-6-4-3-5-15(16)17/h7-10,12,15-16,18H,3-6,11,17H2,1-2H3. The Morgan fingerprint density at radius 2 is 1.83 bits per heavy atom. The van der Waals surface area contributed by atoms with Crippen LogP contribution in [0.3, 0.4) is 0 Å². The molecule has 2 nitrogen and oxygen atoms in total. The number of anilines is 1. The summed E-state index contributed by atoms with van der Waals surface area (Å²) in [7, 11) is 0. The third-order valence-electron chi connectivity index (χ3n) is 3.77. The summed E-state index contributed by atoms with van der Waals surface area (Å²) in [6.07, 6.45) is 6.10. The molecular weight excluding hydrogens is 220 g/mol. The highest BCUT2D eigenvalue weighted by Crippen LogP contribution is 2.21. The molecule has 1 aliphatic rings. The number of hydrogen-bond donors (Lipinski definition) is 2. The Morgan fingerprint density at radius 3 is 2.44 bits per heavy atom. The van der Waals surface area contributed by atoms with Crippen LogP contribution in [0.2, 0.25) is 0 Å². The lowest BCUT2D eigenvalue weighted by atomic mass is 9.91. The van der Waals surface area contributed by atoms with E-state index in [-0.39, 0.29) is 0 Å². The second kappa shape index (κ2) is 6.24. The van der Waals surface area contributed by atoms with Crippen molar-refractivity contribution in [1.29, 1.82) is 0 Å². The van der Waals surface area contributed by atoms with Crippen molar-refractivity contribution in [2.45, 2.75) is 58.0 Å². The van der Waals surface area contributed by atoms with Gasteiger partial charge in [0.25, 0.3) is 0 Å². The predicted octanol–water partition coefficient (Wildman–Crippen LogP) is 3.57. The van der Waals surface area contributed by atoms with Crippen LogP contribution in [0.5, 0.6) is 0 Å². The Bertz CT molecular complexity index is 356. The first-order valence-corrected chi connectivity index (χ1v) is 7.26. The van der Waals surface area contributed by atoms with Crippen LogP contribution in [0, 0.1) is 5.92 Å². The van der Waals surface area contributed by atoms with Crippen LogP contribution in [0.25, 0.3) is 0 Å². The van der Waals surface area contributed by atoms with Crippen LogP contribution < -0.4 is 11.1 Å². The molecular formula is C16H26N2. The Balaban J connectivity index is 1.93. The monoisotopic (exact) mass is 246 g/mol. The zero-order chi connectivity index (χ0) is 13.0. The minimum atomic E-state index is 0.314. The smallest absolute Gasteiger partial charge is 0.0412 e. The van der Waals surface area contributed by atoms with E-state index in [1.807, 2.05) is 0 Å². The van der Waals surface area contributed by atoms with Gasteiger partial charge < -0.3 is 11.1 Å². The Kier molecular flexibility index (Phi) is 4.65. The first-order chi connectivity index (χ1) is 8.65. The van der Waals surface area contributed by atoms with Crippen LogP contribution in [-0.4, -0.2) is 12.1 Å². The molecule has 2 unspecified atom stereocenters. The van der Waals surface area contributed by atoms with Gasteiger partial charge in [0.05, 0.1) is 0 Å². The first kappa shape index (κ1) is 13.4. The summed E-state index contributed by atoms with van der Waals surface area (Å²) in [5, 5.41) is 3.59. The number of nitrogens with one attached hydrogen (secondary N) is 1. The SMILES string of the molecule is CC(C)Cc1ccc(NC2CCCCC2N)cc1. The van der Waals surface area contributed by atoms with Gasteiger partial charge in [-0.15, -0.1) is 0 Å². The molecule has 100 valence electrons. The molecule has 2 heteroatoms. The quantitative estimate of drug-likeness (QED) is 0.852. The van der Waals surface area contributed by atoms with Crippen LogP contribution in [0.1, 0.15) is 45.1 Å². The molecule has 18 heavy (non-hydrogen) atoms. The topological polar surface area (TPSA) is 38.0 Å². The average Bonchev–Trinajstić information content (AvgIpc) is 2.34. The maximum absolute atomic E-state index is 6.16. The molecule has 0 heterocycles. The van der Waals surface area contributed by atoms with E-state index in [9.17, 15) is 0 Å². The van der Waals surface area contributed by atoms with Gasteiger partial charge in [-0.3, -0.25) is 0 Å². The van der Waals surface area contributed by atoms with Gasteiger partial charge in [0.2, 0.25) is 0 Å². The highest BCUT2D eigenvalue weighted by molar-refractivity contribution is 5.46. The molecule has 0 spiro atoms. The minimum Gasteiger partial charge on any atom is -0.381 e. The van der Waals surface area contributed by atoms with Gasteiger partial charge in [-0.25, -0.2) is 0 Å². The lowest BCUT2D eigenvalue weighted by Crippen LogP contribution is -2.42. The molecule has 1 fully saturated rings. The van der Waals surface area contributed by atoms with Gasteiger partial charge in [-0.05, 0) is 42.9 Å². The van der Waals surface area contributed by atoms with Crippen molar-refractivity contribution in [3.05, 3.63) is 29.8 Å². The van der Waals surface area contributed by atoms with E-state index in [1.165, 1.54) is 30.5 Å². The van der Waals surface area contributed by atoms with Crippen molar-refractivity contribution in [2.24, 2.45) is 11.7 Å². The molecule has 2 rings (SSSR count). The van der Waals surface area contributed by atoms with Crippen molar-refractivity contribution in [3.63, 3.8) is 0 Å². The molecule has 0 aromatic heterocycles. The first-order valence-electron chi connectivity index (χ1n) is 7.26. The Labute approximate surface area is 111 Å². The zero-order valence-corrected chi connectivity index (χ0v) is 11.7. The summed E-state index contributed by atoms with van der Waals surface area (Å²) in [6.45, 7) is 4.51. The fourth-order valence-corrected chi connectivity index (χ4v) is 2.76. The van der Waals surface area contributed by atoms with Crippen molar-refractivity contribution in [2.75, 3.05) is 5.32 Å². The molecule has 0 radical (unpaired) electrons. The fourth-order valence-electron chi connectivity index (χ4n) is 2.76. The van der Waals surface area contributed by atoms with Gasteiger partial charge in [0, 0.05) is 17.8 Å².